The number of carbonyl (C=O) groups is 1. The number of likely N-dealkylation sites (tertiary alicyclic amines) is 1. The van der Waals surface area contributed by atoms with Crippen molar-refractivity contribution in [1.82, 2.24) is 4.90 Å². The molecule has 15 heavy (non-hydrogen) atoms. The molecule has 0 spiro atoms. The Kier molecular flexibility index (Phi) is 4.00. The van der Waals surface area contributed by atoms with Gasteiger partial charge in [-0.25, -0.2) is 4.79 Å². The molecule has 88 valence electrons. The van der Waals surface area contributed by atoms with Gasteiger partial charge in [-0.15, -0.1) is 0 Å². The third-order valence-electron chi connectivity index (χ3n) is 2.68. The zero-order chi connectivity index (χ0) is 11.5. The van der Waals surface area contributed by atoms with Gasteiger partial charge in [0, 0.05) is 12.6 Å². The summed E-state index contributed by atoms with van der Waals surface area (Å²) in [6.07, 6.45) is 4.49. The first kappa shape index (κ1) is 12.3. The summed E-state index contributed by atoms with van der Waals surface area (Å²) in [7, 11) is 0. The third kappa shape index (κ3) is 4.10. The molecule has 0 unspecified atom stereocenters. The number of nitrogens with zero attached hydrogens (tertiary/aromatic N) is 1. The van der Waals surface area contributed by atoms with Crippen molar-refractivity contribution in [3.05, 3.63) is 0 Å². The minimum atomic E-state index is -0.386. The largest absolute Gasteiger partial charge is 0.444 e. The average Bonchev–Trinajstić information content (AvgIpc) is 2.26. The number of ether oxygens (including phenoxy) is 1. The first-order valence-electron chi connectivity index (χ1n) is 5.90. The Hall–Kier alpha value is -0.730. The highest BCUT2D eigenvalue weighted by molar-refractivity contribution is 5.68. The third-order valence-corrected chi connectivity index (χ3v) is 2.68. The van der Waals surface area contributed by atoms with Crippen LogP contribution in [0.3, 0.4) is 0 Å². The quantitative estimate of drug-likeness (QED) is 0.618. The van der Waals surface area contributed by atoms with Gasteiger partial charge >= 0.3 is 6.09 Å². The standard InChI is InChI=1S/C12H23NO2/c1-10-8-6-5-7-9-13(10)11(14)15-12(2,3)4/h10H,5-9H2,1-4H3/t10-/m0/s1. The summed E-state index contributed by atoms with van der Waals surface area (Å²) in [4.78, 5) is 13.8. The van der Waals surface area contributed by atoms with Gasteiger partial charge in [0.25, 0.3) is 0 Å². The van der Waals surface area contributed by atoms with E-state index in [9.17, 15) is 4.79 Å². The van der Waals surface area contributed by atoms with E-state index < -0.39 is 0 Å². The maximum absolute atomic E-state index is 11.9. The van der Waals surface area contributed by atoms with Crippen LogP contribution in [0.4, 0.5) is 4.79 Å². The van der Waals surface area contributed by atoms with Crippen molar-refractivity contribution in [1.29, 1.82) is 0 Å². The average molecular weight is 213 g/mol. The molecule has 0 aromatic heterocycles. The Labute approximate surface area is 92.8 Å². The molecule has 0 aliphatic carbocycles. The number of hydrogen-bond donors (Lipinski definition) is 0. The lowest BCUT2D eigenvalue weighted by atomic mass is 10.1. The van der Waals surface area contributed by atoms with Crippen LogP contribution in [0.5, 0.6) is 0 Å². The van der Waals surface area contributed by atoms with Gasteiger partial charge in [-0.05, 0) is 40.5 Å². The molecule has 0 N–H and O–H groups in total. The normalized spacial score (nSPS) is 23.5. The highest BCUT2D eigenvalue weighted by Gasteiger charge is 2.26. The van der Waals surface area contributed by atoms with E-state index in [0.29, 0.717) is 6.04 Å². The van der Waals surface area contributed by atoms with E-state index in [0.717, 1.165) is 19.4 Å². The van der Waals surface area contributed by atoms with Crippen LogP contribution in [0.25, 0.3) is 0 Å². The van der Waals surface area contributed by atoms with Crippen LogP contribution in [-0.4, -0.2) is 29.2 Å². The summed E-state index contributed by atoms with van der Waals surface area (Å²) >= 11 is 0. The lowest BCUT2D eigenvalue weighted by molar-refractivity contribution is 0.0183. The lowest BCUT2D eigenvalue weighted by Gasteiger charge is -2.30. The van der Waals surface area contributed by atoms with Crippen molar-refractivity contribution in [2.75, 3.05) is 6.54 Å². The molecule has 1 aliphatic heterocycles. The molecule has 1 rings (SSSR count). The highest BCUT2D eigenvalue weighted by atomic mass is 16.6. The summed E-state index contributed by atoms with van der Waals surface area (Å²) in [6, 6.07) is 0.322. The van der Waals surface area contributed by atoms with E-state index in [2.05, 4.69) is 6.92 Å². The monoisotopic (exact) mass is 213 g/mol. The molecule has 0 saturated carbocycles. The van der Waals surface area contributed by atoms with Gasteiger partial charge in [-0.2, -0.15) is 0 Å². The molecular formula is C12H23NO2. The van der Waals surface area contributed by atoms with E-state index in [1.54, 1.807) is 0 Å². The maximum atomic E-state index is 11.9. The van der Waals surface area contributed by atoms with Crippen molar-refractivity contribution < 1.29 is 9.53 Å². The van der Waals surface area contributed by atoms with E-state index in [1.165, 1.54) is 12.8 Å². The van der Waals surface area contributed by atoms with Crippen molar-refractivity contribution in [3.63, 3.8) is 0 Å². The number of amides is 1. The zero-order valence-corrected chi connectivity index (χ0v) is 10.4. The van der Waals surface area contributed by atoms with E-state index in [1.807, 2.05) is 25.7 Å². The first-order chi connectivity index (χ1) is 6.90. The molecule has 3 heteroatoms. The Morgan fingerprint density at radius 3 is 2.53 bits per heavy atom. The van der Waals surface area contributed by atoms with Gasteiger partial charge < -0.3 is 9.64 Å². The molecule has 0 bridgehead atoms. The molecule has 1 saturated heterocycles. The van der Waals surface area contributed by atoms with E-state index in [4.69, 9.17) is 4.74 Å². The number of carbonyl (C=O) groups excluding carboxylic acids is 1. The van der Waals surface area contributed by atoms with Gasteiger partial charge in [0.2, 0.25) is 0 Å². The number of hydrogen-bond acceptors (Lipinski definition) is 2. The summed E-state index contributed by atoms with van der Waals surface area (Å²) in [5.41, 5.74) is -0.386. The second-order valence-electron chi connectivity index (χ2n) is 5.37. The minimum absolute atomic E-state index is 0.156. The second-order valence-corrected chi connectivity index (χ2v) is 5.37. The maximum Gasteiger partial charge on any atom is 0.410 e. The molecule has 0 aromatic carbocycles. The first-order valence-corrected chi connectivity index (χ1v) is 5.90. The topological polar surface area (TPSA) is 29.5 Å². The van der Waals surface area contributed by atoms with Crippen LogP contribution in [0.1, 0.15) is 53.4 Å². The Morgan fingerprint density at radius 2 is 1.93 bits per heavy atom. The molecule has 1 aliphatic rings. The molecule has 0 radical (unpaired) electrons. The predicted octanol–water partition coefficient (Wildman–Crippen LogP) is 3.19. The number of rotatable bonds is 0. The summed E-state index contributed by atoms with van der Waals surface area (Å²) in [6.45, 7) is 8.68. The van der Waals surface area contributed by atoms with Crippen LogP contribution < -0.4 is 0 Å². The van der Waals surface area contributed by atoms with Crippen molar-refractivity contribution >= 4 is 6.09 Å². The second kappa shape index (κ2) is 4.86. The fraction of sp³-hybridized carbons (Fsp3) is 0.917. The Balaban J connectivity index is 2.56. The SMILES string of the molecule is C[C@H]1CCCCCN1C(=O)OC(C)(C)C. The molecular weight excluding hydrogens is 190 g/mol. The minimum Gasteiger partial charge on any atom is -0.444 e. The van der Waals surface area contributed by atoms with Crippen LogP contribution in [0, 0.1) is 0 Å². The van der Waals surface area contributed by atoms with Crippen LogP contribution in [0.15, 0.2) is 0 Å². The summed E-state index contributed by atoms with van der Waals surface area (Å²) < 4.78 is 5.39. The van der Waals surface area contributed by atoms with E-state index >= 15 is 0 Å². The van der Waals surface area contributed by atoms with Crippen molar-refractivity contribution in [2.24, 2.45) is 0 Å². The van der Waals surface area contributed by atoms with Gasteiger partial charge in [0.1, 0.15) is 5.60 Å². The van der Waals surface area contributed by atoms with Gasteiger partial charge in [0.15, 0.2) is 0 Å². The van der Waals surface area contributed by atoms with Crippen LogP contribution >= 0.6 is 0 Å². The molecule has 1 atom stereocenters. The highest BCUT2D eigenvalue weighted by Crippen LogP contribution is 2.19. The Morgan fingerprint density at radius 1 is 1.27 bits per heavy atom. The summed E-state index contributed by atoms with van der Waals surface area (Å²) in [5, 5.41) is 0. The van der Waals surface area contributed by atoms with Gasteiger partial charge in [0.05, 0.1) is 0 Å². The fourth-order valence-electron chi connectivity index (χ4n) is 1.87. The van der Waals surface area contributed by atoms with Crippen LogP contribution in [-0.2, 0) is 4.74 Å². The van der Waals surface area contributed by atoms with Crippen molar-refractivity contribution in [2.45, 2.75) is 65.0 Å². The lowest BCUT2D eigenvalue weighted by Crippen LogP contribution is -2.41. The van der Waals surface area contributed by atoms with Gasteiger partial charge in [-0.3, -0.25) is 0 Å². The van der Waals surface area contributed by atoms with Crippen molar-refractivity contribution in [3.8, 4) is 0 Å². The van der Waals surface area contributed by atoms with E-state index in [-0.39, 0.29) is 11.7 Å². The Bertz CT molecular complexity index is 220. The fourth-order valence-corrected chi connectivity index (χ4v) is 1.87. The molecule has 0 aromatic rings. The zero-order valence-electron chi connectivity index (χ0n) is 10.4. The molecule has 3 nitrogen and oxygen atoms in total. The van der Waals surface area contributed by atoms with Crippen LogP contribution in [0.2, 0.25) is 0 Å². The molecule has 1 heterocycles. The predicted molar refractivity (Wildman–Crippen MR) is 60.9 cm³/mol. The smallest absolute Gasteiger partial charge is 0.410 e. The molecule has 1 amide bonds. The molecule has 1 fully saturated rings. The summed E-state index contributed by atoms with van der Waals surface area (Å²) in [5.74, 6) is 0. The van der Waals surface area contributed by atoms with Gasteiger partial charge in [-0.1, -0.05) is 12.8 Å².